The molecule has 0 aliphatic carbocycles. The Kier molecular flexibility index (Phi) is 4.01. The molecule has 1 amide bonds. The van der Waals surface area contributed by atoms with Crippen molar-refractivity contribution in [3.05, 3.63) is 107 Å². The van der Waals surface area contributed by atoms with Gasteiger partial charge in [-0.1, -0.05) is 66.2 Å². The van der Waals surface area contributed by atoms with Gasteiger partial charge in [-0.05, 0) is 42.7 Å². The second kappa shape index (κ2) is 6.68. The van der Waals surface area contributed by atoms with E-state index in [1.807, 2.05) is 35.2 Å². The van der Waals surface area contributed by atoms with Crippen LogP contribution in [0, 0.1) is 6.92 Å². The molecule has 0 bridgehead atoms. The fraction of sp³-hybridized carbons (Fsp3) is 0.160. The minimum absolute atomic E-state index is 0.0800. The summed E-state index contributed by atoms with van der Waals surface area (Å²) in [6.07, 6.45) is 0.861. The lowest BCUT2D eigenvalue weighted by Crippen LogP contribution is -2.40. The molecule has 0 saturated heterocycles. The molecule has 3 nitrogen and oxygen atoms in total. The molecule has 1 aliphatic rings. The first-order valence-electron chi connectivity index (χ1n) is 9.74. The summed E-state index contributed by atoms with van der Waals surface area (Å²) in [5.74, 6) is 0.0800. The van der Waals surface area contributed by atoms with Crippen molar-refractivity contribution in [3.8, 4) is 0 Å². The van der Waals surface area contributed by atoms with Crippen molar-refractivity contribution in [1.29, 1.82) is 0 Å². The average molecular weight is 366 g/mol. The first-order chi connectivity index (χ1) is 13.7. The second-order valence-electron chi connectivity index (χ2n) is 7.49. The number of aryl methyl sites for hydroxylation is 1. The van der Waals surface area contributed by atoms with E-state index in [9.17, 15) is 4.79 Å². The van der Waals surface area contributed by atoms with E-state index in [1.165, 1.54) is 16.5 Å². The predicted molar refractivity (Wildman–Crippen MR) is 113 cm³/mol. The van der Waals surface area contributed by atoms with Gasteiger partial charge in [0.25, 0.3) is 5.91 Å². The summed E-state index contributed by atoms with van der Waals surface area (Å²) in [6, 6.07) is 26.4. The maximum absolute atomic E-state index is 13.4. The SMILES string of the molecule is Cc1cccc(C2c3[nH]c4ccccc4c3CCN2C(=O)c2ccccc2)c1. The van der Waals surface area contributed by atoms with Crippen LogP contribution >= 0.6 is 0 Å². The summed E-state index contributed by atoms with van der Waals surface area (Å²) >= 11 is 0. The Labute approximate surface area is 164 Å². The standard InChI is InChI=1S/C25H22N2O/c1-17-8-7-11-19(16-17)24-23-21(20-12-5-6-13-22(20)26-23)14-15-27(24)25(28)18-9-3-2-4-10-18/h2-13,16,24,26H,14-15H2,1H3. The highest BCUT2D eigenvalue weighted by Gasteiger charge is 2.34. The third kappa shape index (κ3) is 2.71. The maximum Gasteiger partial charge on any atom is 0.254 e. The Bertz CT molecular complexity index is 1160. The summed E-state index contributed by atoms with van der Waals surface area (Å²) in [4.78, 5) is 19.0. The highest BCUT2D eigenvalue weighted by Crippen LogP contribution is 2.39. The van der Waals surface area contributed by atoms with Crippen LogP contribution in [0.2, 0.25) is 0 Å². The van der Waals surface area contributed by atoms with Crippen LogP contribution in [0.15, 0.2) is 78.9 Å². The van der Waals surface area contributed by atoms with E-state index >= 15 is 0 Å². The van der Waals surface area contributed by atoms with E-state index < -0.39 is 0 Å². The first-order valence-corrected chi connectivity index (χ1v) is 9.74. The highest BCUT2D eigenvalue weighted by molar-refractivity contribution is 5.95. The summed E-state index contributed by atoms with van der Waals surface area (Å²) in [6.45, 7) is 2.81. The normalized spacial score (nSPS) is 16.2. The number of benzene rings is 3. The van der Waals surface area contributed by atoms with Gasteiger partial charge in [0, 0.05) is 28.7 Å². The lowest BCUT2D eigenvalue weighted by molar-refractivity contribution is 0.0692. The molecule has 2 heterocycles. The minimum atomic E-state index is -0.108. The Morgan fingerprint density at radius 3 is 2.57 bits per heavy atom. The molecule has 1 N–H and O–H groups in total. The fourth-order valence-electron chi connectivity index (χ4n) is 4.39. The molecule has 0 spiro atoms. The molecular formula is C25H22N2O. The van der Waals surface area contributed by atoms with Crippen molar-refractivity contribution in [3.63, 3.8) is 0 Å². The van der Waals surface area contributed by atoms with Gasteiger partial charge in [-0.25, -0.2) is 0 Å². The van der Waals surface area contributed by atoms with Crippen LogP contribution in [0.25, 0.3) is 10.9 Å². The van der Waals surface area contributed by atoms with E-state index in [0.717, 1.165) is 28.8 Å². The number of hydrogen-bond donors (Lipinski definition) is 1. The Morgan fingerprint density at radius 2 is 1.75 bits per heavy atom. The third-order valence-corrected chi connectivity index (χ3v) is 5.67. The zero-order chi connectivity index (χ0) is 19.1. The minimum Gasteiger partial charge on any atom is -0.356 e. The van der Waals surface area contributed by atoms with E-state index in [1.54, 1.807) is 0 Å². The molecule has 4 aromatic rings. The number of nitrogens with one attached hydrogen (secondary N) is 1. The van der Waals surface area contributed by atoms with Crippen LogP contribution in [-0.4, -0.2) is 22.3 Å². The Hall–Kier alpha value is -3.33. The van der Waals surface area contributed by atoms with Crippen LogP contribution in [0.5, 0.6) is 0 Å². The molecule has 1 aromatic heterocycles. The summed E-state index contributed by atoms with van der Waals surface area (Å²) in [7, 11) is 0. The van der Waals surface area contributed by atoms with Crippen molar-refractivity contribution in [2.75, 3.05) is 6.54 Å². The number of hydrogen-bond acceptors (Lipinski definition) is 1. The lowest BCUT2D eigenvalue weighted by Gasteiger charge is -2.36. The highest BCUT2D eigenvalue weighted by atomic mass is 16.2. The zero-order valence-corrected chi connectivity index (χ0v) is 15.9. The smallest absolute Gasteiger partial charge is 0.254 e. The molecule has 28 heavy (non-hydrogen) atoms. The molecule has 0 radical (unpaired) electrons. The van der Waals surface area contributed by atoms with E-state index in [4.69, 9.17) is 0 Å². The molecule has 1 unspecified atom stereocenters. The van der Waals surface area contributed by atoms with Crippen LogP contribution in [0.1, 0.15) is 38.8 Å². The van der Waals surface area contributed by atoms with Crippen molar-refractivity contribution >= 4 is 16.8 Å². The molecule has 3 aromatic carbocycles. The van der Waals surface area contributed by atoms with Gasteiger partial charge in [0.15, 0.2) is 0 Å². The Balaban J connectivity index is 1.68. The zero-order valence-electron chi connectivity index (χ0n) is 15.9. The number of nitrogens with zero attached hydrogens (tertiary/aromatic N) is 1. The van der Waals surface area contributed by atoms with Crippen LogP contribution in [-0.2, 0) is 6.42 Å². The number of carbonyl (C=O) groups excluding carboxylic acids is 1. The molecule has 138 valence electrons. The molecular weight excluding hydrogens is 344 g/mol. The molecule has 3 heteroatoms. The monoisotopic (exact) mass is 366 g/mol. The molecule has 1 aliphatic heterocycles. The van der Waals surface area contributed by atoms with Crippen molar-refractivity contribution in [1.82, 2.24) is 9.88 Å². The van der Waals surface area contributed by atoms with Crippen LogP contribution < -0.4 is 0 Å². The van der Waals surface area contributed by atoms with E-state index in [0.29, 0.717) is 6.54 Å². The average Bonchev–Trinajstić information content (AvgIpc) is 3.12. The number of fused-ring (bicyclic) bond motifs is 3. The Morgan fingerprint density at radius 1 is 0.964 bits per heavy atom. The number of aromatic amines is 1. The number of carbonyl (C=O) groups is 1. The van der Waals surface area contributed by atoms with Gasteiger partial charge >= 0.3 is 0 Å². The largest absolute Gasteiger partial charge is 0.356 e. The van der Waals surface area contributed by atoms with Gasteiger partial charge in [0.1, 0.15) is 0 Å². The van der Waals surface area contributed by atoms with Crippen molar-refractivity contribution in [2.45, 2.75) is 19.4 Å². The quantitative estimate of drug-likeness (QED) is 0.516. The number of H-pyrrole nitrogens is 1. The predicted octanol–water partition coefficient (Wildman–Crippen LogP) is 5.26. The fourth-order valence-corrected chi connectivity index (χ4v) is 4.39. The van der Waals surface area contributed by atoms with Gasteiger partial charge in [0.05, 0.1) is 6.04 Å². The van der Waals surface area contributed by atoms with E-state index in [2.05, 4.69) is 60.4 Å². The summed E-state index contributed by atoms with van der Waals surface area (Å²) in [5, 5.41) is 1.27. The number of rotatable bonds is 2. The molecule has 0 fully saturated rings. The van der Waals surface area contributed by atoms with Crippen LogP contribution in [0.4, 0.5) is 0 Å². The molecule has 5 rings (SSSR count). The number of amides is 1. The first kappa shape index (κ1) is 16.8. The molecule has 1 atom stereocenters. The molecule has 0 saturated carbocycles. The number of para-hydroxylation sites is 1. The van der Waals surface area contributed by atoms with Gasteiger partial charge < -0.3 is 9.88 Å². The number of aromatic nitrogens is 1. The van der Waals surface area contributed by atoms with E-state index in [-0.39, 0.29) is 11.9 Å². The summed E-state index contributed by atoms with van der Waals surface area (Å²) in [5.41, 5.74) is 6.70. The van der Waals surface area contributed by atoms with Gasteiger partial charge in [-0.15, -0.1) is 0 Å². The van der Waals surface area contributed by atoms with Gasteiger partial charge in [-0.3, -0.25) is 4.79 Å². The lowest BCUT2D eigenvalue weighted by atomic mass is 9.91. The van der Waals surface area contributed by atoms with Crippen molar-refractivity contribution in [2.24, 2.45) is 0 Å². The second-order valence-corrected chi connectivity index (χ2v) is 7.49. The van der Waals surface area contributed by atoms with Crippen LogP contribution in [0.3, 0.4) is 0 Å². The van der Waals surface area contributed by atoms with Crippen molar-refractivity contribution < 1.29 is 4.79 Å². The van der Waals surface area contributed by atoms with Gasteiger partial charge in [-0.2, -0.15) is 0 Å². The topological polar surface area (TPSA) is 36.1 Å². The summed E-state index contributed by atoms with van der Waals surface area (Å²) < 4.78 is 0. The van der Waals surface area contributed by atoms with Gasteiger partial charge in [0.2, 0.25) is 0 Å². The third-order valence-electron chi connectivity index (χ3n) is 5.67. The maximum atomic E-state index is 13.4.